The summed E-state index contributed by atoms with van der Waals surface area (Å²) in [6.45, 7) is 8.48. The third-order valence-electron chi connectivity index (χ3n) is 3.03. The van der Waals surface area contributed by atoms with Crippen molar-refractivity contribution < 1.29 is 18.3 Å². The van der Waals surface area contributed by atoms with Crippen LogP contribution < -0.4 is 10.1 Å². The predicted molar refractivity (Wildman–Crippen MR) is 85.4 cm³/mol. The molecule has 1 unspecified atom stereocenters. The number of nitrogens with one attached hydrogen (secondary N) is 1. The smallest absolute Gasteiger partial charge is 0.133 e. The minimum absolute atomic E-state index is 0.0242. The Morgan fingerprint density at radius 2 is 1.91 bits per heavy atom. The van der Waals surface area contributed by atoms with Gasteiger partial charge in [0, 0.05) is 36.6 Å². The van der Waals surface area contributed by atoms with Crippen LogP contribution in [0.25, 0.3) is 0 Å². The largest absolute Gasteiger partial charge is 0.493 e. The van der Waals surface area contributed by atoms with E-state index < -0.39 is 11.6 Å². The standard InChI is InChI=1S/C15H21F2NO2.C2H6/c1-10(2)15-13(17)6-12(16)7-14(15)20-9-11(4-5-19)8-18-3;1-2/h5-7,10-11,18H,4,8-9H2,1-3H3;1-2H3. The molecular weight excluding hydrogens is 288 g/mol. The lowest BCUT2D eigenvalue weighted by molar-refractivity contribution is -0.108. The Balaban J connectivity index is 0.00000211. The molecule has 3 nitrogen and oxygen atoms in total. The molecule has 0 bridgehead atoms. The lowest BCUT2D eigenvalue weighted by atomic mass is 10.0. The van der Waals surface area contributed by atoms with Gasteiger partial charge < -0.3 is 14.8 Å². The first kappa shape index (κ1) is 20.5. The van der Waals surface area contributed by atoms with Crippen molar-refractivity contribution in [1.82, 2.24) is 5.32 Å². The summed E-state index contributed by atoms with van der Waals surface area (Å²) in [6.07, 6.45) is 1.16. The van der Waals surface area contributed by atoms with Gasteiger partial charge in [-0.3, -0.25) is 0 Å². The van der Waals surface area contributed by atoms with Gasteiger partial charge in [-0.2, -0.15) is 0 Å². The molecule has 0 amide bonds. The van der Waals surface area contributed by atoms with Gasteiger partial charge in [-0.1, -0.05) is 27.7 Å². The minimum Gasteiger partial charge on any atom is -0.493 e. The van der Waals surface area contributed by atoms with Crippen LogP contribution in [0.2, 0.25) is 0 Å². The fraction of sp³-hybridized carbons (Fsp3) is 0.588. The zero-order valence-electron chi connectivity index (χ0n) is 14.1. The molecule has 5 heteroatoms. The molecule has 22 heavy (non-hydrogen) atoms. The van der Waals surface area contributed by atoms with E-state index in [1.165, 1.54) is 6.07 Å². The van der Waals surface area contributed by atoms with Crippen LogP contribution in [-0.2, 0) is 4.79 Å². The average molecular weight is 315 g/mol. The molecule has 0 fully saturated rings. The molecule has 0 saturated carbocycles. The maximum atomic E-state index is 13.8. The number of aldehydes is 1. The van der Waals surface area contributed by atoms with Crippen molar-refractivity contribution >= 4 is 6.29 Å². The van der Waals surface area contributed by atoms with Crippen LogP contribution >= 0.6 is 0 Å². The number of carbonyl (C=O) groups is 1. The first-order valence-electron chi connectivity index (χ1n) is 7.69. The molecule has 0 heterocycles. The second-order valence-electron chi connectivity index (χ2n) is 5.09. The van der Waals surface area contributed by atoms with Crippen LogP contribution in [0.5, 0.6) is 5.75 Å². The van der Waals surface area contributed by atoms with Crippen molar-refractivity contribution in [3.63, 3.8) is 0 Å². The quantitative estimate of drug-likeness (QED) is 0.739. The van der Waals surface area contributed by atoms with Crippen molar-refractivity contribution in [1.29, 1.82) is 0 Å². The normalized spacial score (nSPS) is 11.6. The van der Waals surface area contributed by atoms with Crippen LogP contribution in [0.3, 0.4) is 0 Å². The molecule has 1 rings (SSSR count). The second-order valence-corrected chi connectivity index (χ2v) is 5.09. The lowest BCUT2D eigenvalue weighted by Gasteiger charge is -2.19. The van der Waals surface area contributed by atoms with Gasteiger partial charge in [-0.25, -0.2) is 8.78 Å². The Hall–Kier alpha value is -1.49. The first-order valence-corrected chi connectivity index (χ1v) is 7.69. The SMILES string of the molecule is CC.CNCC(CC=O)COc1cc(F)cc(F)c1C(C)C. The molecule has 1 aromatic carbocycles. The van der Waals surface area contributed by atoms with Crippen molar-refractivity contribution in [2.75, 3.05) is 20.2 Å². The number of ether oxygens (including phenoxy) is 1. The van der Waals surface area contributed by atoms with Crippen LogP contribution in [0, 0.1) is 17.6 Å². The second kappa shape index (κ2) is 11.1. The fourth-order valence-electron chi connectivity index (χ4n) is 2.08. The van der Waals surface area contributed by atoms with Gasteiger partial charge in [-0.05, 0) is 13.0 Å². The van der Waals surface area contributed by atoms with E-state index in [1.54, 1.807) is 7.05 Å². The summed E-state index contributed by atoms with van der Waals surface area (Å²) in [5.41, 5.74) is 0.362. The fourth-order valence-corrected chi connectivity index (χ4v) is 2.08. The summed E-state index contributed by atoms with van der Waals surface area (Å²) in [4.78, 5) is 10.6. The Morgan fingerprint density at radius 3 is 2.41 bits per heavy atom. The van der Waals surface area contributed by atoms with Crippen molar-refractivity contribution in [2.45, 2.75) is 40.0 Å². The molecule has 1 aromatic rings. The number of halogens is 2. The molecule has 1 atom stereocenters. The van der Waals surface area contributed by atoms with Gasteiger partial charge in [0.1, 0.15) is 23.7 Å². The maximum absolute atomic E-state index is 13.8. The van der Waals surface area contributed by atoms with E-state index in [0.29, 0.717) is 18.5 Å². The lowest BCUT2D eigenvalue weighted by Crippen LogP contribution is -2.25. The van der Waals surface area contributed by atoms with Gasteiger partial charge in [0.25, 0.3) is 0 Å². The zero-order chi connectivity index (χ0) is 17.1. The molecule has 0 aliphatic rings. The third-order valence-corrected chi connectivity index (χ3v) is 3.03. The molecule has 0 radical (unpaired) electrons. The van der Waals surface area contributed by atoms with Crippen molar-refractivity contribution in [3.05, 3.63) is 29.3 Å². The number of carbonyl (C=O) groups excluding carboxylic acids is 1. The summed E-state index contributed by atoms with van der Waals surface area (Å²) < 4.78 is 32.6. The Labute approximate surface area is 132 Å². The molecule has 1 N–H and O–H groups in total. The zero-order valence-corrected chi connectivity index (χ0v) is 14.1. The highest BCUT2D eigenvalue weighted by Crippen LogP contribution is 2.30. The van der Waals surface area contributed by atoms with Gasteiger partial charge in [0.05, 0.1) is 6.61 Å². The van der Waals surface area contributed by atoms with E-state index in [4.69, 9.17) is 4.74 Å². The van der Waals surface area contributed by atoms with Crippen LogP contribution in [0.4, 0.5) is 8.78 Å². The van der Waals surface area contributed by atoms with Gasteiger partial charge in [0.2, 0.25) is 0 Å². The van der Waals surface area contributed by atoms with E-state index in [2.05, 4.69) is 5.32 Å². The highest BCUT2D eigenvalue weighted by molar-refractivity contribution is 5.49. The molecule has 126 valence electrons. The number of benzene rings is 1. The molecule has 0 aliphatic carbocycles. The summed E-state index contributed by atoms with van der Waals surface area (Å²) in [5, 5.41) is 2.96. The predicted octanol–water partition coefficient (Wildman–Crippen LogP) is 3.92. The van der Waals surface area contributed by atoms with E-state index in [9.17, 15) is 13.6 Å². The highest BCUT2D eigenvalue weighted by atomic mass is 19.1. The van der Waals surface area contributed by atoms with Crippen LogP contribution in [0.1, 0.15) is 45.6 Å². The number of rotatable bonds is 8. The first-order chi connectivity index (χ1) is 10.5. The molecule has 0 aliphatic heterocycles. The molecule has 0 spiro atoms. The molecular formula is C17H27F2NO2. The molecule has 0 aromatic heterocycles. The number of hydrogen-bond acceptors (Lipinski definition) is 3. The third kappa shape index (κ3) is 6.52. The molecule has 0 saturated heterocycles. The Morgan fingerprint density at radius 1 is 1.27 bits per heavy atom. The average Bonchev–Trinajstić information content (AvgIpc) is 2.46. The minimum atomic E-state index is -0.664. The monoisotopic (exact) mass is 315 g/mol. The van der Waals surface area contributed by atoms with E-state index >= 15 is 0 Å². The summed E-state index contributed by atoms with van der Waals surface area (Å²) in [5.74, 6) is -1.19. The maximum Gasteiger partial charge on any atom is 0.133 e. The van der Waals surface area contributed by atoms with Crippen molar-refractivity contribution in [3.8, 4) is 5.75 Å². The van der Waals surface area contributed by atoms with E-state index in [1.807, 2.05) is 27.7 Å². The van der Waals surface area contributed by atoms with Crippen LogP contribution in [-0.4, -0.2) is 26.5 Å². The van der Waals surface area contributed by atoms with Gasteiger partial charge in [-0.15, -0.1) is 0 Å². The Bertz CT molecular complexity index is 451. The van der Waals surface area contributed by atoms with Gasteiger partial charge in [0.15, 0.2) is 0 Å². The Kier molecular flexibility index (Phi) is 10.4. The van der Waals surface area contributed by atoms with Crippen molar-refractivity contribution in [2.24, 2.45) is 5.92 Å². The summed E-state index contributed by atoms with van der Waals surface area (Å²) >= 11 is 0. The van der Waals surface area contributed by atoms with E-state index in [0.717, 1.165) is 12.4 Å². The topological polar surface area (TPSA) is 38.3 Å². The van der Waals surface area contributed by atoms with E-state index in [-0.39, 0.29) is 24.2 Å². The van der Waals surface area contributed by atoms with Crippen LogP contribution in [0.15, 0.2) is 12.1 Å². The summed E-state index contributed by atoms with van der Waals surface area (Å²) in [7, 11) is 1.78. The summed E-state index contributed by atoms with van der Waals surface area (Å²) in [6, 6.07) is 2.05. The van der Waals surface area contributed by atoms with Gasteiger partial charge >= 0.3 is 0 Å². The number of hydrogen-bond donors (Lipinski definition) is 1. The highest BCUT2D eigenvalue weighted by Gasteiger charge is 2.17.